The van der Waals surface area contributed by atoms with Crippen LogP contribution in [0, 0.1) is 0 Å². The van der Waals surface area contributed by atoms with Gasteiger partial charge in [-0.25, -0.2) is 4.79 Å². The summed E-state index contributed by atoms with van der Waals surface area (Å²) >= 11 is 0. The van der Waals surface area contributed by atoms with Crippen molar-refractivity contribution in [1.29, 1.82) is 0 Å². The molecule has 6 heteroatoms. The summed E-state index contributed by atoms with van der Waals surface area (Å²) < 4.78 is 5.09. The van der Waals surface area contributed by atoms with E-state index in [1.807, 2.05) is 36.1 Å². The van der Waals surface area contributed by atoms with Crippen LogP contribution in [0.5, 0.6) is 0 Å². The maximum atomic E-state index is 11.8. The van der Waals surface area contributed by atoms with Crippen molar-refractivity contribution in [2.45, 2.75) is 32.7 Å². The molecule has 0 atom stereocenters. The molecule has 1 aromatic carbocycles. The average molecular weight is 359 g/mol. The van der Waals surface area contributed by atoms with E-state index in [-0.39, 0.29) is 11.9 Å². The molecule has 3 rings (SSSR count). The van der Waals surface area contributed by atoms with E-state index in [9.17, 15) is 9.59 Å². The number of nitrogens with zero attached hydrogens (tertiary/aromatic N) is 3. The highest BCUT2D eigenvalue weighted by molar-refractivity contribution is 5.94. The van der Waals surface area contributed by atoms with Crippen LogP contribution in [-0.2, 0) is 4.74 Å². The lowest BCUT2D eigenvalue weighted by molar-refractivity contribution is 0.0729. The van der Waals surface area contributed by atoms with Crippen molar-refractivity contribution in [3.05, 3.63) is 29.8 Å². The number of amides is 1. The molecule has 0 aromatic heterocycles. The van der Waals surface area contributed by atoms with Gasteiger partial charge in [-0.15, -0.1) is 0 Å². The zero-order valence-electron chi connectivity index (χ0n) is 15.8. The van der Waals surface area contributed by atoms with Gasteiger partial charge in [0.2, 0.25) is 0 Å². The zero-order chi connectivity index (χ0) is 18.5. The van der Waals surface area contributed by atoms with Crippen LogP contribution in [0.4, 0.5) is 10.5 Å². The van der Waals surface area contributed by atoms with E-state index in [0.717, 1.165) is 57.7 Å². The van der Waals surface area contributed by atoms with Crippen LogP contribution in [0.2, 0.25) is 0 Å². The summed E-state index contributed by atoms with van der Waals surface area (Å²) in [7, 11) is 0. The van der Waals surface area contributed by atoms with Crippen molar-refractivity contribution in [2.24, 2.45) is 0 Å². The molecule has 0 radical (unpaired) electrons. The van der Waals surface area contributed by atoms with Gasteiger partial charge in [0.1, 0.15) is 0 Å². The number of likely N-dealkylation sites (tertiary alicyclic amines) is 1. The normalized spacial score (nSPS) is 19.5. The first-order chi connectivity index (χ1) is 12.6. The molecule has 2 saturated heterocycles. The van der Waals surface area contributed by atoms with E-state index in [2.05, 4.69) is 9.80 Å². The molecule has 2 aliphatic rings. The molecule has 0 spiro atoms. The number of rotatable bonds is 4. The van der Waals surface area contributed by atoms with Crippen molar-refractivity contribution >= 4 is 17.6 Å². The van der Waals surface area contributed by atoms with Crippen LogP contribution in [0.15, 0.2) is 24.3 Å². The van der Waals surface area contributed by atoms with Gasteiger partial charge in [0.05, 0.1) is 6.61 Å². The van der Waals surface area contributed by atoms with E-state index in [4.69, 9.17) is 4.74 Å². The molecule has 0 saturated carbocycles. The van der Waals surface area contributed by atoms with Crippen molar-refractivity contribution in [2.75, 3.05) is 50.8 Å². The Kier molecular flexibility index (Phi) is 6.14. The Labute approximate surface area is 155 Å². The highest BCUT2D eigenvalue weighted by atomic mass is 16.6. The van der Waals surface area contributed by atoms with Crippen molar-refractivity contribution in [3.63, 3.8) is 0 Å². The van der Waals surface area contributed by atoms with Crippen LogP contribution in [-0.4, -0.2) is 73.6 Å². The van der Waals surface area contributed by atoms with Gasteiger partial charge in [-0.3, -0.25) is 9.69 Å². The van der Waals surface area contributed by atoms with Gasteiger partial charge in [-0.05, 0) is 51.0 Å². The minimum atomic E-state index is -0.176. The monoisotopic (exact) mass is 359 g/mol. The number of benzene rings is 1. The fourth-order valence-corrected chi connectivity index (χ4v) is 3.88. The summed E-state index contributed by atoms with van der Waals surface area (Å²) in [5, 5.41) is 0. The minimum absolute atomic E-state index is 0.107. The Morgan fingerprint density at radius 2 is 1.62 bits per heavy atom. The van der Waals surface area contributed by atoms with Crippen molar-refractivity contribution in [3.8, 4) is 0 Å². The summed E-state index contributed by atoms with van der Waals surface area (Å²) in [6.07, 6.45) is 1.86. The number of hydrogen-bond donors (Lipinski definition) is 0. The summed E-state index contributed by atoms with van der Waals surface area (Å²) in [5.41, 5.74) is 1.95. The molecular weight excluding hydrogens is 330 g/mol. The van der Waals surface area contributed by atoms with Gasteiger partial charge in [-0.1, -0.05) is 0 Å². The van der Waals surface area contributed by atoms with Gasteiger partial charge in [0, 0.05) is 56.6 Å². The maximum Gasteiger partial charge on any atom is 0.409 e. The number of hydrogen-bond acceptors (Lipinski definition) is 5. The molecule has 2 aliphatic heterocycles. The number of carbonyl (C=O) groups excluding carboxylic acids is 2. The Morgan fingerprint density at radius 1 is 1.00 bits per heavy atom. The molecule has 0 N–H and O–H groups in total. The fourth-order valence-electron chi connectivity index (χ4n) is 3.88. The number of anilines is 1. The van der Waals surface area contributed by atoms with Crippen LogP contribution >= 0.6 is 0 Å². The summed E-state index contributed by atoms with van der Waals surface area (Å²) in [4.78, 5) is 30.0. The van der Waals surface area contributed by atoms with E-state index in [1.165, 1.54) is 5.69 Å². The number of piperidine rings is 1. The Bertz CT molecular complexity index is 616. The lowest BCUT2D eigenvalue weighted by atomic mass is 10.0. The van der Waals surface area contributed by atoms with Crippen LogP contribution in [0.1, 0.15) is 37.0 Å². The Balaban J connectivity index is 1.47. The molecule has 2 fully saturated rings. The first kappa shape index (κ1) is 18.7. The predicted molar refractivity (Wildman–Crippen MR) is 102 cm³/mol. The molecule has 0 bridgehead atoms. The maximum absolute atomic E-state index is 11.8. The van der Waals surface area contributed by atoms with Crippen molar-refractivity contribution < 1.29 is 14.3 Å². The molecule has 26 heavy (non-hydrogen) atoms. The molecular formula is C20H29N3O3. The third-order valence-electron chi connectivity index (χ3n) is 5.46. The average Bonchev–Trinajstić information content (AvgIpc) is 2.68. The Hall–Kier alpha value is -2.08. The molecule has 6 nitrogen and oxygen atoms in total. The topological polar surface area (TPSA) is 53.1 Å². The minimum Gasteiger partial charge on any atom is -0.450 e. The SMILES string of the molecule is CCOC(=O)N1CCC(N2CCN(c3ccc(C(C)=O)cc3)CC2)CC1. The zero-order valence-corrected chi connectivity index (χ0v) is 15.8. The van der Waals surface area contributed by atoms with Gasteiger partial charge in [0.25, 0.3) is 0 Å². The number of ether oxygens (including phenoxy) is 1. The van der Waals surface area contributed by atoms with E-state index >= 15 is 0 Å². The number of carbonyl (C=O) groups is 2. The van der Waals surface area contributed by atoms with E-state index in [0.29, 0.717) is 12.6 Å². The lowest BCUT2D eigenvalue weighted by Crippen LogP contribution is -2.53. The van der Waals surface area contributed by atoms with Gasteiger partial charge < -0.3 is 14.5 Å². The second-order valence-electron chi connectivity index (χ2n) is 7.04. The lowest BCUT2D eigenvalue weighted by Gasteiger charge is -2.43. The summed E-state index contributed by atoms with van der Waals surface area (Å²) in [6, 6.07) is 8.47. The molecule has 0 unspecified atom stereocenters. The second kappa shape index (κ2) is 8.54. The number of ketones is 1. The van der Waals surface area contributed by atoms with E-state index < -0.39 is 0 Å². The van der Waals surface area contributed by atoms with Gasteiger partial charge >= 0.3 is 6.09 Å². The summed E-state index contributed by atoms with van der Waals surface area (Å²) in [5.74, 6) is 0.107. The summed E-state index contributed by atoms with van der Waals surface area (Å²) in [6.45, 7) is 9.53. The quantitative estimate of drug-likeness (QED) is 0.774. The van der Waals surface area contributed by atoms with Gasteiger partial charge in [-0.2, -0.15) is 0 Å². The first-order valence-electron chi connectivity index (χ1n) is 9.60. The van der Waals surface area contributed by atoms with Crippen LogP contribution < -0.4 is 4.90 Å². The highest BCUT2D eigenvalue weighted by Crippen LogP contribution is 2.22. The van der Waals surface area contributed by atoms with Gasteiger partial charge in [0.15, 0.2) is 5.78 Å². The van der Waals surface area contributed by atoms with E-state index in [1.54, 1.807) is 6.92 Å². The second-order valence-corrected chi connectivity index (χ2v) is 7.04. The first-order valence-corrected chi connectivity index (χ1v) is 9.60. The Morgan fingerprint density at radius 3 is 2.15 bits per heavy atom. The molecule has 1 aromatic rings. The third-order valence-corrected chi connectivity index (χ3v) is 5.46. The largest absolute Gasteiger partial charge is 0.450 e. The smallest absolute Gasteiger partial charge is 0.409 e. The highest BCUT2D eigenvalue weighted by Gasteiger charge is 2.29. The molecule has 142 valence electrons. The third kappa shape index (κ3) is 4.36. The molecule has 1 amide bonds. The van der Waals surface area contributed by atoms with Crippen molar-refractivity contribution in [1.82, 2.24) is 9.80 Å². The fraction of sp³-hybridized carbons (Fsp3) is 0.600. The van der Waals surface area contributed by atoms with Crippen LogP contribution in [0.25, 0.3) is 0 Å². The number of Topliss-reactive ketones (excluding diaryl/α,β-unsaturated/α-hetero) is 1. The molecule has 2 heterocycles. The standard InChI is InChI=1S/C20H29N3O3/c1-3-26-20(25)23-10-8-19(9-11-23)22-14-12-21(13-15-22)18-6-4-17(5-7-18)16(2)24/h4-7,19H,3,8-15H2,1-2H3. The number of piperazine rings is 1. The predicted octanol–water partition coefficient (Wildman–Crippen LogP) is 2.63. The molecule has 0 aliphatic carbocycles. The van der Waals surface area contributed by atoms with Crippen LogP contribution in [0.3, 0.4) is 0 Å².